The van der Waals surface area contributed by atoms with Crippen LogP contribution in [0.15, 0.2) is 18.3 Å². The highest BCUT2D eigenvalue weighted by molar-refractivity contribution is 5.87. The Balaban J connectivity index is 1.86. The minimum absolute atomic E-state index is 0.332. The maximum atomic E-state index is 11.5. The number of hydrogen-bond donors (Lipinski definition) is 1. The van der Waals surface area contributed by atoms with E-state index in [2.05, 4.69) is 10.3 Å². The lowest BCUT2D eigenvalue weighted by Gasteiger charge is -2.26. The predicted molar refractivity (Wildman–Crippen MR) is 55.6 cm³/mol. The van der Waals surface area contributed by atoms with E-state index in [1.54, 1.807) is 12.3 Å². The number of ether oxygens (including phenoxy) is 1. The van der Waals surface area contributed by atoms with E-state index in [4.69, 9.17) is 4.74 Å². The molecule has 2 rings (SSSR count). The molecule has 4 nitrogen and oxygen atoms in total. The number of carbonyl (C=O) groups excluding carboxylic acids is 1. The van der Waals surface area contributed by atoms with Crippen LogP contribution >= 0.6 is 0 Å². The monoisotopic (exact) mass is 206 g/mol. The lowest BCUT2D eigenvalue weighted by Crippen LogP contribution is -2.44. The van der Waals surface area contributed by atoms with Gasteiger partial charge in [0.15, 0.2) is 0 Å². The molecule has 0 atom stereocenters. The largest absolute Gasteiger partial charge is 0.461 e. The van der Waals surface area contributed by atoms with Gasteiger partial charge < -0.3 is 10.1 Å². The van der Waals surface area contributed by atoms with Crippen LogP contribution in [-0.4, -0.2) is 30.6 Å². The Bertz CT molecular complexity index is 344. The Morgan fingerprint density at radius 3 is 2.93 bits per heavy atom. The van der Waals surface area contributed by atoms with Crippen LogP contribution in [0.4, 0.5) is 0 Å². The number of aryl methyl sites for hydroxylation is 1. The number of nitrogens with zero attached hydrogens (tertiary/aromatic N) is 1. The summed E-state index contributed by atoms with van der Waals surface area (Å²) in [6, 6.07) is 3.55. The molecule has 1 aliphatic rings. The number of hydrogen-bond acceptors (Lipinski definition) is 4. The molecule has 1 aromatic rings. The Hall–Kier alpha value is -1.42. The molecule has 2 heterocycles. The summed E-state index contributed by atoms with van der Waals surface area (Å²) in [5.74, 6) is 0.140. The summed E-state index contributed by atoms with van der Waals surface area (Å²) in [4.78, 5) is 15.5. The Kier molecular flexibility index (Phi) is 2.97. The summed E-state index contributed by atoms with van der Waals surface area (Å²) in [7, 11) is 0. The highest BCUT2D eigenvalue weighted by Gasteiger charge is 2.19. The molecule has 0 spiro atoms. The number of carbonyl (C=O) groups is 1. The molecule has 15 heavy (non-hydrogen) atoms. The number of rotatable bonds is 3. The van der Waals surface area contributed by atoms with Crippen LogP contribution in [0.1, 0.15) is 16.1 Å². The molecule has 1 aliphatic heterocycles. The van der Waals surface area contributed by atoms with Gasteiger partial charge in [0.2, 0.25) is 0 Å². The molecule has 0 amide bonds. The van der Waals surface area contributed by atoms with Crippen molar-refractivity contribution in [3.8, 4) is 0 Å². The van der Waals surface area contributed by atoms with Crippen molar-refractivity contribution in [3.05, 3.63) is 29.6 Å². The van der Waals surface area contributed by atoms with Gasteiger partial charge in [-0.25, -0.2) is 9.78 Å². The third-order valence-corrected chi connectivity index (χ3v) is 2.44. The molecule has 1 aromatic heterocycles. The van der Waals surface area contributed by atoms with Crippen molar-refractivity contribution >= 4 is 5.97 Å². The van der Waals surface area contributed by atoms with E-state index in [1.165, 1.54) is 0 Å². The van der Waals surface area contributed by atoms with E-state index in [9.17, 15) is 4.79 Å². The SMILES string of the molecule is Cc1ccc(C(=O)OCC2CNC2)nc1. The summed E-state index contributed by atoms with van der Waals surface area (Å²) in [5, 5.41) is 3.13. The molecule has 0 aliphatic carbocycles. The van der Waals surface area contributed by atoms with E-state index in [0.29, 0.717) is 18.2 Å². The standard InChI is InChI=1S/C11H14N2O2/c1-8-2-3-10(13-4-8)11(14)15-7-9-5-12-6-9/h2-4,9,12H,5-7H2,1H3. The van der Waals surface area contributed by atoms with Crippen molar-refractivity contribution < 1.29 is 9.53 Å². The molecular weight excluding hydrogens is 192 g/mol. The van der Waals surface area contributed by atoms with Crippen LogP contribution in [0.5, 0.6) is 0 Å². The maximum absolute atomic E-state index is 11.5. The average Bonchev–Trinajstić information content (AvgIpc) is 2.16. The normalized spacial score (nSPS) is 15.8. The quantitative estimate of drug-likeness (QED) is 0.742. The van der Waals surface area contributed by atoms with Gasteiger partial charge in [0, 0.05) is 25.2 Å². The second-order valence-corrected chi connectivity index (χ2v) is 3.84. The Labute approximate surface area is 88.7 Å². The zero-order valence-electron chi connectivity index (χ0n) is 8.69. The van der Waals surface area contributed by atoms with Gasteiger partial charge in [-0.15, -0.1) is 0 Å². The fourth-order valence-electron chi connectivity index (χ4n) is 1.32. The van der Waals surface area contributed by atoms with Gasteiger partial charge in [0.25, 0.3) is 0 Å². The summed E-state index contributed by atoms with van der Waals surface area (Å²) in [6.45, 7) is 4.30. The molecular formula is C11H14N2O2. The minimum Gasteiger partial charge on any atom is -0.461 e. The second kappa shape index (κ2) is 4.40. The zero-order chi connectivity index (χ0) is 10.7. The molecule has 0 bridgehead atoms. The Morgan fingerprint density at radius 2 is 2.40 bits per heavy atom. The molecule has 0 unspecified atom stereocenters. The first-order valence-corrected chi connectivity index (χ1v) is 5.06. The van der Waals surface area contributed by atoms with Gasteiger partial charge in [-0.2, -0.15) is 0 Å². The first-order valence-electron chi connectivity index (χ1n) is 5.06. The maximum Gasteiger partial charge on any atom is 0.356 e. The van der Waals surface area contributed by atoms with E-state index in [0.717, 1.165) is 18.7 Å². The fourth-order valence-corrected chi connectivity index (χ4v) is 1.32. The van der Waals surface area contributed by atoms with Gasteiger partial charge in [-0.05, 0) is 18.6 Å². The van der Waals surface area contributed by atoms with Crippen molar-refractivity contribution in [2.45, 2.75) is 6.92 Å². The number of aromatic nitrogens is 1. The molecule has 1 N–H and O–H groups in total. The second-order valence-electron chi connectivity index (χ2n) is 3.84. The topological polar surface area (TPSA) is 51.2 Å². The van der Waals surface area contributed by atoms with Crippen LogP contribution in [0.25, 0.3) is 0 Å². The van der Waals surface area contributed by atoms with Gasteiger partial charge in [0.1, 0.15) is 5.69 Å². The number of esters is 1. The first-order chi connectivity index (χ1) is 7.25. The molecule has 4 heteroatoms. The summed E-state index contributed by atoms with van der Waals surface area (Å²) in [6.07, 6.45) is 1.67. The summed E-state index contributed by atoms with van der Waals surface area (Å²) < 4.78 is 5.13. The molecule has 0 saturated carbocycles. The van der Waals surface area contributed by atoms with Gasteiger partial charge in [-0.1, -0.05) is 6.07 Å². The predicted octanol–water partition coefficient (Wildman–Crippen LogP) is 0.766. The molecule has 0 radical (unpaired) electrons. The minimum atomic E-state index is -0.332. The van der Waals surface area contributed by atoms with E-state index in [-0.39, 0.29) is 5.97 Å². The van der Waals surface area contributed by atoms with E-state index in [1.807, 2.05) is 13.0 Å². The molecule has 1 fully saturated rings. The highest BCUT2D eigenvalue weighted by atomic mass is 16.5. The van der Waals surface area contributed by atoms with Gasteiger partial charge in [0.05, 0.1) is 6.61 Å². The molecule has 0 aromatic carbocycles. The number of pyridine rings is 1. The van der Waals surface area contributed by atoms with Crippen LogP contribution in [-0.2, 0) is 4.74 Å². The lowest BCUT2D eigenvalue weighted by molar-refractivity contribution is 0.0391. The summed E-state index contributed by atoms with van der Waals surface area (Å²) >= 11 is 0. The van der Waals surface area contributed by atoms with E-state index < -0.39 is 0 Å². The zero-order valence-corrected chi connectivity index (χ0v) is 8.69. The smallest absolute Gasteiger partial charge is 0.356 e. The third kappa shape index (κ3) is 2.53. The first kappa shape index (κ1) is 10.1. The summed E-state index contributed by atoms with van der Waals surface area (Å²) in [5.41, 5.74) is 1.42. The molecule has 1 saturated heterocycles. The lowest BCUT2D eigenvalue weighted by atomic mass is 10.1. The van der Waals surface area contributed by atoms with Crippen molar-refractivity contribution in [1.82, 2.24) is 10.3 Å². The van der Waals surface area contributed by atoms with Crippen LogP contribution < -0.4 is 5.32 Å². The Morgan fingerprint density at radius 1 is 1.60 bits per heavy atom. The van der Waals surface area contributed by atoms with Crippen LogP contribution in [0.3, 0.4) is 0 Å². The fraction of sp³-hybridized carbons (Fsp3) is 0.455. The number of nitrogens with one attached hydrogen (secondary N) is 1. The van der Waals surface area contributed by atoms with Gasteiger partial charge >= 0.3 is 5.97 Å². The highest BCUT2D eigenvalue weighted by Crippen LogP contribution is 2.06. The third-order valence-electron chi connectivity index (χ3n) is 2.44. The van der Waals surface area contributed by atoms with Gasteiger partial charge in [-0.3, -0.25) is 0 Å². The van der Waals surface area contributed by atoms with Crippen molar-refractivity contribution in [2.75, 3.05) is 19.7 Å². The van der Waals surface area contributed by atoms with E-state index >= 15 is 0 Å². The van der Waals surface area contributed by atoms with Crippen molar-refractivity contribution in [3.63, 3.8) is 0 Å². The van der Waals surface area contributed by atoms with Crippen molar-refractivity contribution in [1.29, 1.82) is 0 Å². The van der Waals surface area contributed by atoms with Crippen LogP contribution in [0, 0.1) is 12.8 Å². The van der Waals surface area contributed by atoms with Crippen molar-refractivity contribution in [2.24, 2.45) is 5.92 Å². The van der Waals surface area contributed by atoms with Crippen LogP contribution in [0.2, 0.25) is 0 Å². The average molecular weight is 206 g/mol. The molecule has 80 valence electrons.